The third kappa shape index (κ3) is 2.85. The molecule has 1 aromatic carbocycles. The number of esters is 1. The van der Waals surface area contributed by atoms with Crippen LogP contribution in [0.2, 0.25) is 0 Å². The number of likely N-dealkylation sites (N-methyl/N-ethyl adjacent to an activating group) is 1. The zero-order valence-electron chi connectivity index (χ0n) is 15.2. The van der Waals surface area contributed by atoms with Gasteiger partial charge in [0.05, 0.1) is 5.69 Å². The van der Waals surface area contributed by atoms with E-state index >= 15 is 0 Å². The van der Waals surface area contributed by atoms with Gasteiger partial charge in [-0.25, -0.2) is 4.79 Å². The minimum Gasteiger partial charge on any atom is -0.454 e. The minimum absolute atomic E-state index is 0.0520. The molecular weight excluding hydrogens is 334 g/mol. The van der Waals surface area contributed by atoms with Gasteiger partial charge in [0.2, 0.25) is 5.88 Å². The Kier molecular flexibility index (Phi) is 4.31. The van der Waals surface area contributed by atoms with Crippen molar-refractivity contribution in [1.82, 2.24) is 5.16 Å². The number of carbonyl (C=O) groups excluding carboxylic acids is 2. The molecule has 0 bridgehead atoms. The Bertz CT molecular complexity index is 892. The van der Waals surface area contributed by atoms with E-state index in [4.69, 9.17) is 15.0 Å². The highest BCUT2D eigenvalue weighted by atomic mass is 16.5. The molecule has 136 valence electrons. The average Bonchev–Trinajstić information content (AvgIpc) is 3.03. The predicted molar refractivity (Wildman–Crippen MR) is 96.9 cm³/mol. The summed E-state index contributed by atoms with van der Waals surface area (Å²) in [5, 5.41) is 3.60. The monoisotopic (exact) mass is 355 g/mol. The number of fused-ring (bicyclic) bond motifs is 1. The number of allylic oxidation sites excluding steroid dienone is 1. The van der Waals surface area contributed by atoms with Crippen LogP contribution in [0.25, 0.3) is 0 Å². The van der Waals surface area contributed by atoms with E-state index in [1.165, 1.54) is 6.08 Å². The van der Waals surface area contributed by atoms with Crippen LogP contribution < -0.4 is 10.6 Å². The average molecular weight is 355 g/mol. The van der Waals surface area contributed by atoms with Crippen LogP contribution in [0.4, 0.5) is 11.6 Å². The van der Waals surface area contributed by atoms with Crippen molar-refractivity contribution in [2.24, 2.45) is 0 Å². The number of ketones is 1. The van der Waals surface area contributed by atoms with Gasteiger partial charge < -0.3 is 19.9 Å². The van der Waals surface area contributed by atoms with Crippen LogP contribution in [0.15, 0.2) is 40.6 Å². The van der Waals surface area contributed by atoms with Crippen molar-refractivity contribution in [2.45, 2.75) is 26.2 Å². The maximum atomic E-state index is 12.4. The van der Waals surface area contributed by atoms with E-state index in [1.807, 2.05) is 30.1 Å². The summed E-state index contributed by atoms with van der Waals surface area (Å²) in [6, 6.07) is 8.00. The fraction of sp³-hybridized carbons (Fsp3) is 0.316. The van der Waals surface area contributed by atoms with Crippen LogP contribution >= 0.6 is 0 Å². The summed E-state index contributed by atoms with van der Waals surface area (Å²) in [6.07, 6.45) is 1.52. The molecule has 1 aliphatic rings. The van der Waals surface area contributed by atoms with Crippen LogP contribution in [0.1, 0.15) is 35.5 Å². The predicted octanol–water partition coefficient (Wildman–Crippen LogP) is 2.60. The zero-order valence-corrected chi connectivity index (χ0v) is 15.2. The molecule has 1 aromatic heterocycles. The summed E-state index contributed by atoms with van der Waals surface area (Å²) in [4.78, 5) is 26.4. The number of aromatic nitrogens is 1. The Morgan fingerprint density at radius 2 is 2.04 bits per heavy atom. The first kappa shape index (κ1) is 17.7. The molecule has 7 nitrogen and oxygen atoms in total. The molecule has 0 spiro atoms. The number of carbonyl (C=O) groups is 2. The number of hydrogen-bond acceptors (Lipinski definition) is 7. The van der Waals surface area contributed by atoms with Gasteiger partial charge in [0.25, 0.3) is 0 Å². The normalized spacial score (nSPS) is 16.6. The van der Waals surface area contributed by atoms with Crippen LogP contribution in [-0.2, 0) is 14.9 Å². The lowest BCUT2D eigenvalue weighted by Gasteiger charge is -2.23. The Morgan fingerprint density at radius 1 is 1.35 bits per heavy atom. The van der Waals surface area contributed by atoms with E-state index in [0.717, 1.165) is 16.9 Å². The van der Waals surface area contributed by atoms with Gasteiger partial charge >= 0.3 is 5.97 Å². The third-order valence-electron chi connectivity index (χ3n) is 4.68. The summed E-state index contributed by atoms with van der Waals surface area (Å²) in [5.41, 5.74) is 8.66. The SMILES string of the molecule is Cc1noc(N)c1C(=O)OCC(=O)C=C1N(C)c2ccccc2C1(C)C. The minimum atomic E-state index is -0.727. The Balaban J connectivity index is 1.75. The number of ether oxygens (including phenoxy) is 1. The van der Waals surface area contributed by atoms with E-state index < -0.39 is 5.97 Å². The summed E-state index contributed by atoms with van der Waals surface area (Å²) in [7, 11) is 1.92. The fourth-order valence-corrected chi connectivity index (χ4v) is 3.30. The van der Waals surface area contributed by atoms with Gasteiger partial charge in [-0.05, 0) is 18.6 Å². The van der Waals surface area contributed by atoms with Gasteiger partial charge in [-0.1, -0.05) is 37.2 Å². The standard InChI is InChI=1S/C19H21N3O4/c1-11-16(17(20)26-21-11)18(24)25-10-12(23)9-15-19(2,3)13-7-5-6-8-14(13)22(15)4/h5-9H,10,20H2,1-4H3. The maximum absolute atomic E-state index is 12.4. The van der Waals surface area contributed by atoms with Crippen LogP contribution in [0.5, 0.6) is 0 Å². The number of nitrogens with zero attached hydrogens (tertiary/aromatic N) is 2. The van der Waals surface area contributed by atoms with Gasteiger partial charge in [-0.3, -0.25) is 4.79 Å². The van der Waals surface area contributed by atoms with Gasteiger partial charge in [0.15, 0.2) is 12.4 Å². The molecule has 0 atom stereocenters. The van der Waals surface area contributed by atoms with Crippen molar-refractivity contribution in [3.8, 4) is 0 Å². The molecule has 0 amide bonds. The number of aryl methyl sites for hydroxylation is 1. The first-order valence-electron chi connectivity index (χ1n) is 8.20. The fourth-order valence-electron chi connectivity index (χ4n) is 3.30. The Hall–Kier alpha value is -3.09. The highest BCUT2D eigenvalue weighted by Crippen LogP contribution is 2.46. The van der Waals surface area contributed by atoms with Gasteiger partial charge in [-0.15, -0.1) is 0 Å². The second kappa shape index (κ2) is 6.33. The molecule has 0 saturated carbocycles. The van der Waals surface area contributed by atoms with E-state index in [9.17, 15) is 9.59 Å². The first-order valence-corrected chi connectivity index (χ1v) is 8.20. The van der Waals surface area contributed by atoms with E-state index in [1.54, 1.807) is 6.92 Å². The van der Waals surface area contributed by atoms with E-state index in [-0.39, 0.29) is 29.3 Å². The van der Waals surface area contributed by atoms with Crippen molar-refractivity contribution < 1.29 is 18.8 Å². The lowest BCUT2D eigenvalue weighted by Crippen LogP contribution is -2.25. The molecule has 7 heteroatoms. The topological polar surface area (TPSA) is 98.7 Å². The van der Waals surface area contributed by atoms with Crippen LogP contribution in [0.3, 0.4) is 0 Å². The van der Waals surface area contributed by atoms with Crippen LogP contribution in [0, 0.1) is 6.92 Å². The molecule has 0 unspecified atom stereocenters. The van der Waals surface area contributed by atoms with Crippen molar-refractivity contribution >= 4 is 23.3 Å². The number of nitrogens with two attached hydrogens (primary N) is 1. The molecular formula is C19H21N3O4. The molecule has 2 aromatic rings. The van der Waals surface area contributed by atoms with Crippen molar-refractivity contribution in [3.05, 3.63) is 52.9 Å². The molecule has 1 aliphatic heterocycles. The molecule has 2 N–H and O–H groups in total. The highest BCUT2D eigenvalue weighted by molar-refractivity contribution is 5.98. The Morgan fingerprint density at radius 3 is 2.65 bits per heavy atom. The molecule has 3 rings (SSSR count). The summed E-state index contributed by atoms with van der Waals surface area (Å²) in [6.45, 7) is 5.31. The van der Waals surface area contributed by atoms with Crippen molar-refractivity contribution in [1.29, 1.82) is 0 Å². The number of para-hydroxylation sites is 1. The van der Waals surface area contributed by atoms with E-state index in [2.05, 4.69) is 25.1 Å². The van der Waals surface area contributed by atoms with Crippen molar-refractivity contribution in [2.75, 3.05) is 24.3 Å². The second-order valence-electron chi connectivity index (χ2n) is 6.78. The lowest BCUT2D eigenvalue weighted by molar-refractivity contribution is -0.117. The zero-order chi connectivity index (χ0) is 19.1. The highest BCUT2D eigenvalue weighted by Gasteiger charge is 2.38. The van der Waals surface area contributed by atoms with Gasteiger partial charge in [0.1, 0.15) is 5.56 Å². The number of hydrogen-bond donors (Lipinski definition) is 1. The first-order chi connectivity index (χ1) is 12.2. The second-order valence-corrected chi connectivity index (χ2v) is 6.78. The molecule has 0 fully saturated rings. The third-order valence-corrected chi connectivity index (χ3v) is 4.68. The summed E-state index contributed by atoms with van der Waals surface area (Å²) in [5.74, 6) is -1.16. The quantitative estimate of drug-likeness (QED) is 0.665. The van der Waals surface area contributed by atoms with Gasteiger partial charge in [-0.2, -0.15) is 0 Å². The smallest absolute Gasteiger partial charge is 0.346 e. The van der Waals surface area contributed by atoms with Crippen LogP contribution in [-0.4, -0.2) is 30.6 Å². The number of nitrogen functional groups attached to an aromatic ring is 1. The number of rotatable bonds is 4. The maximum Gasteiger partial charge on any atom is 0.346 e. The molecule has 2 heterocycles. The van der Waals surface area contributed by atoms with Gasteiger partial charge in [0, 0.05) is 29.9 Å². The number of anilines is 2. The molecule has 0 saturated heterocycles. The molecule has 26 heavy (non-hydrogen) atoms. The largest absolute Gasteiger partial charge is 0.454 e. The molecule has 0 radical (unpaired) electrons. The van der Waals surface area contributed by atoms with Crippen molar-refractivity contribution in [3.63, 3.8) is 0 Å². The van der Waals surface area contributed by atoms with E-state index in [0.29, 0.717) is 5.69 Å². The summed E-state index contributed by atoms with van der Waals surface area (Å²) >= 11 is 0. The molecule has 0 aliphatic carbocycles. The Labute approximate surface area is 151 Å². The lowest BCUT2D eigenvalue weighted by atomic mass is 9.83. The summed E-state index contributed by atoms with van der Waals surface area (Å²) < 4.78 is 9.80. The number of benzene rings is 1.